The van der Waals surface area contributed by atoms with Crippen LogP contribution in [-0.2, 0) is 28.9 Å². The molecule has 13 heteroatoms. The minimum Gasteiger partial charge on any atom is -0.496 e. The average molecular weight is 547 g/mol. The van der Waals surface area contributed by atoms with Crippen molar-refractivity contribution in [2.24, 2.45) is 11.8 Å². The summed E-state index contributed by atoms with van der Waals surface area (Å²) in [5.41, 5.74) is 0.929. The quantitative estimate of drug-likeness (QED) is 0.165. The van der Waals surface area contributed by atoms with Gasteiger partial charge in [0.2, 0.25) is 11.8 Å². The van der Waals surface area contributed by atoms with E-state index in [2.05, 4.69) is 35.4 Å². The molecular weight excluding hydrogens is 512 g/mol. The van der Waals surface area contributed by atoms with Crippen LogP contribution in [-0.4, -0.2) is 74.1 Å². The van der Waals surface area contributed by atoms with Gasteiger partial charge in [0.15, 0.2) is 12.4 Å². The monoisotopic (exact) mass is 546 g/mol. The van der Waals surface area contributed by atoms with Crippen LogP contribution >= 0.6 is 0 Å². The number of benzene rings is 1. The van der Waals surface area contributed by atoms with Gasteiger partial charge < -0.3 is 30.4 Å². The molecular formula is C26H34N4O9. The molecule has 0 saturated carbocycles. The number of hydrogen-bond donors (Lipinski definition) is 4. The van der Waals surface area contributed by atoms with E-state index in [9.17, 15) is 24.0 Å². The molecule has 3 rings (SSSR count). The third-order valence-corrected chi connectivity index (χ3v) is 6.30. The molecule has 1 saturated heterocycles. The number of fused-ring (bicyclic) bond motifs is 1. The minimum atomic E-state index is -1.15. The maximum absolute atomic E-state index is 13.4. The third kappa shape index (κ3) is 7.93. The van der Waals surface area contributed by atoms with Crippen molar-refractivity contribution >= 4 is 40.6 Å². The van der Waals surface area contributed by atoms with Gasteiger partial charge in [0, 0.05) is 23.4 Å². The zero-order chi connectivity index (χ0) is 28.5. The molecule has 0 radical (unpaired) electrons. The van der Waals surface area contributed by atoms with E-state index in [1.165, 1.54) is 7.11 Å². The molecule has 3 amide bonds. The zero-order valence-corrected chi connectivity index (χ0v) is 22.3. The Kier molecular flexibility index (Phi) is 10.3. The van der Waals surface area contributed by atoms with Gasteiger partial charge in [-0.1, -0.05) is 19.9 Å². The number of aromatic amines is 1. The number of hydrogen-bond acceptors (Lipinski definition) is 9. The Morgan fingerprint density at radius 3 is 2.51 bits per heavy atom. The molecule has 39 heavy (non-hydrogen) atoms. The van der Waals surface area contributed by atoms with Crippen LogP contribution in [0.4, 0.5) is 4.79 Å². The summed E-state index contributed by atoms with van der Waals surface area (Å²) in [5.74, 6) is -1.84. The molecule has 1 fully saturated rings. The SMILES string of the molecule is COC(=O)OOCC(=O)[C@H](C[C@@H]1CCNC1=O)NC(=O)[C@H](CC(C)C)NC(=O)c1cc2c(OC)cccc2[nH]1. The van der Waals surface area contributed by atoms with Gasteiger partial charge in [-0.15, -0.1) is 0 Å². The van der Waals surface area contributed by atoms with Crippen molar-refractivity contribution in [3.05, 3.63) is 30.0 Å². The molecule has 1 aliphatic heterocycles. The number of rotatable bonds is 13. The van der Waals surface area contributed by atoms with Crippen LogP contribution in [0.25, 0.3) is 10.9 Å². The van der Waals surface area contributed by atoms with Gasteiger partial charge in [0.25, 0.3) is 5.91 Å². The highest BCUT2D eigenvalue weighted by Crippen LogP contribution is 2.26. The lowest BCUT2D eigenvalue weighted by molar-refractivity contribution is -0.249. The number of ether oxygens (including phenoxy) is 2. The van der Waals surface area contributed by atoms with Crippen molar-refractivity contribution in [3.63, 3.8) is 0 Å². The van der Waals surface area contributed by atoms with Gasteiger partial charge in [-0.05, 0) is 43.4 Å². The van der Waals surface area contributed by atoms with Crippen LogP contribution < -0.4 is 20.7 Å². The smallest absolute Gasteiger partial charge is 0.496 e. The molecule has 1 aromatic heterocycles. The number of Topliss-reactive ketones (excluding diaryl/α,β-unsaturated/α-hetero) is 1. The second kappa shape index (κ2) is 13.6. The molecule has 0 unspecified atom stereocenters. The lowest BCUT2D eigenvalue weighted by Gasteiger charge is -2.24. The van der Waals surface area contributed by atoms with Crippen molar-refractivity contribution in [1.29, 1.82) is 0 Å². The standard InChI is InChI=1S/C26H34N4O9/c1-14(2)10-19(30-25(34)20-12-16-17(28-20)6-5-7-22(16)36-3)24(33)29-18(11-15-8-9-27-23(15)32)21(31)13-38-39-26(35)37-4/h5-7,12,14-15,18-19,28H,8-11,13H2,1-4H3,(H,27,32)(H,29,33)(H,30,34)/t15-,18-,19-/m0/s1. The van der Waals surface area contributed by atoms with Gasteiger partial charge in [-0.2, -0.15) is 4.89 Å². The predicted molar refractivity (Wildman–Crippen MR) is 138 cm³/mol. The molecule has 1 aliphatic rings. The summed E-state index contributed by atoms with van der Waals surface area (Å²) in [6.07, 6.45) is -0.350. The van der Waals surface area contributed by atoms with Crippen molar-refractivity contribution in [2.45, 2.75) is 45.2 Å². The fraction of sp³-hybridized carbons (Fsp3) is 0.500. The Balaban J connectivity index is 1.74. The number of methoxy groups -OCH3 is 2. The summed E-state index contributed by atoms with van der Waals surface area (Å²) in [6.45, 7) is 3.57. The minimum absolute atomic E-state index is 0.0160. The Hall–Kier alpha value is -4.13. The molecule has 2 heterocycles. The molecule has 0 bridgehead atoms. The fourth-order valence-corrected chi connectivity index (χ4v) is 4.33. The summed E-state index contributed by atoms with van der Waals surface area (Å²) in [6, 6.07) is 4.89. The average Bonchev–Trinajstić information content (AvgIpc) is 3.53. The van der Waals surface area contributed by atoms with Crippen LogP contribution in [0.15, 0.2) is 24.3 Å². The van der Waals surface area contributed by atoms with Crippen LogP contribution in [0, 0.1) is 11.8 Å². The largest absolute Gasteiger partial charge is 0.540 e. The summed E-state index contributed by atoms with van der Waals surface area (Å²) in [5, 5.41) is 8.81. The second-order valence-corrected chi connectivity index (χ2v) is 9.60. The molecule has 0 spiro atoms. The Labute approximate surface area is 225 Å². The number of ketones is 1. The maximum atomic E-state index is 13.4. The van der Waals surface area contributed by atoms with Gasteiger partial charge >= 0.3 is 6.16 Å². The summed E-state index contributed by atoms with van der Waals surface area (Å²) < 4.78 is 9.63. The first-order chi connectivity index (χ1) is 18.6. The number of H-pyrrole nitrogens is 1. The van der Waals surface area contributed by atoms with Gasteiger partial charge in [-0.25, -0.2) is 4.79 Å². The lowest BCUT2D eigenvalue weighted by atomic mass is 9.95. The Bertz CT molecular complexity index is 1210. The number of carbonyl (C=O) groups excluding carboxylic acids is 5. The lowest BCUT2D eigenvalue weighted by Crippen LogP contribution is -2.53. The molecule has 3 atom stereocenters. The highest BCUT2D eigenvalue weighted by atomic mass is 17.2. The van der Waals surface area contributed by atoms with E-state index in [1.54, 1.807) is 24.3 Å². The molecule has 0 aliphatic carbocycles. The third-order valence-electron chi connectivity index (χ3n) is 6.30. The molecule has 13 nitrogen and oxygen atoms in total. The van der Waals surface area contributed by atoms with Crippen LogP contribution in [0.1, 0.15) is 43.6 Å². The first kappa shape index (κ1) is 29.4. The highest BCUT2D eigenvalue weighted by molar-refractivity contribution is 6.02. The summed E-state index contributed by atoms with van der Waals surface area (Å²) in [7, 11) is 2.61. The van der Waals surface area contributed by atoms with Crippen LogP contribution in [0.5, 0.6) is 5.75 Å². The van der Waals surface area contributed by atoms with Crippen LogP contribution in [0.3, 0.4) is 0 Å². The van der Waals surface area contributed by atoms with Crippen molar-refractivity contribution < 1.29 is 43.2 Å². The molecule has 4 N–H and O–H groups in total. The van der Waals surface area contributed by atoms with Gasteiger partial charge in [-0.3, -0.25) is 24.1 Å². The van der Waals surface area contributed by atoms with E-state index < -0.39 is 48.4 Å². The van der Waals surface area contributed by atoms with E-state index in [1.807, 2.05) is 13.8 Å². The van der Waals surface area contributed by atoms with Crippen LogP contribution in [0.2, 0.25) is 0 Å². The predicted octanol–water partition coefficient (Wildman–Crippen LogP) is 1.62. The van der Waals surface area contributed by atoms with Crippen molar-refractivity contribution in [3.8, 4) is 5.75 Å². The first-order valence-electron chi connectivity index (χ1n) is 12.6. The Morgan fingerprint density at radius 2 is 1.87 bits per heavy atom. The number of aromatic nitrogens is 1. The maximum Gasteiger partial charge on any atom is 0.540 e. The molecule has 2 aromatic rings. The summed E-state index contributed by atoms with van der Waals surface area (Å²) >= 11 is 0. The first-order valence-corrected chi connectivity index (χ1v) is 12.6. The van der Waals surface area contributed by atoms with E-state index in [4.69, 9.17) is 4.74 Å². The van der Waals surface area contributed by atoms with Gasteiger partial charge in [0.05, 0.1) is 20.3 Å². The molecule has 1 aromatic carbocycles. The summed E-state index contributed by atoms with van der Waals surface area (Å²) in [4.78, 5) is 74.6. The number of carbonyl (C=O) groups is 5. The normalized spacial score (nSPS) is 16.3. The zero-order valence-electron chi connectivity index (χ0n) is 22.3. The van der Waals surface area contributed by atoms with Crippen molar-refractivity contribution in [2.75, 3.05) is 27.4 Å². The second-order valence-electron chi connectivity index (χ2n) is 9.60. The topological polar surface area (TPSA) is 174 Å². The highest BCUT2D eigenvalue weighted by Gasteiger charge is 2.33. The molecule has 212 valence electrons. The number of amides is 3. The van der Waals surface area contributed by atoms with E-state index in [0.717, 1.165) is 7.11 Å². The number of nitrogens with one attached hydrogen (secondary N) is 4. The Morgan fingerprint density at radius 1 is 1.10 bits per heavy atom. The van der Waals surface area contributed by atoms with E-state index >= 15 is 0 Å². The van der Waals surface area contributed by atoms with E-state index in [-0.39, 0.29) is 30.4 Å². The van der Waals surface area contributed by atoms with E-state index in [0.29, 0.717) is 29.6 Å². The van der Waals surface area contributed by atoms with Gasteiger partial charge in [0.1, 0.15) is 17.5 Å². The fourth-order valence-electron chi connectivity index (χ4n) is 4.33. The van der Waals surface area contributed by atoms with Crippen molar-refractivity contribution in [1.82, 2.24) is 20.9 Å².